The van der Waals surface area contributed by atoms with E-state index in [-0.39, 0.29) is 19.0 Å². The lowest BCUT2D eigenvalue weighted by Gasteiger charge is -2.34. The molecule has 0 spiro atoms. The fraction of sp³-hybridized carbons (Fsp3) is 0.353. The van der Waals surface area contributed by atoms with Crippen molar-refractivity contribution in [3.63, 3.8) is 0 Å². The van der Waals surface area contributed by atoms with E-state index in [4.69, 9.17) is 0 Å². The molecule has 0 saturated carbocycles. The molecule has 2 aromatic rings. The number of carbonyl (C=O) groups excluding carboxylic acids is 1. The van der Waals surface area contributed by atoms with E-state index in [2.05, 4.69) is 9.97 Å². The predicted molar refractivity (Wildman–Crippen MR) is 85.5 cm³/mol. The normalized spacial score (nSPS) is 15.1. The fourth-order valence-electron chi connectivity index (χ4n) is 2.75. The maximum Gasteiger partial charge on any atom is 0.242 e. The number of carbonyl (C=O) groups is 1. The number of nitrogens with zero attached hydrogens (tertiary/aromatic N) is 4. The Labute approximate surface area is 138 Å². The lowest BCUT2D eigenvalue weighted by atomic mass is 10.1. The molecule has 0 aliphatic carbocycles. The zero-order chi connectivity index (χ0) is 17.3. The molecule has 0 bridgehead atoms. The van der Waals surface area contributed by atoms with Gasteiger partial charge in [0, 0.05) is 42.7 Å². The second-order valence-electron chi connectivity index (χ2n) is 5.92. The van der Waals surface area contributed by atoms with Crippen LogP contribution in [0.5, 0.6) is 0 Å². The highest BCUT2D eigenvalue weighted by atomic mass is 19.1. The van der Waals surface area contributed by atoms with Crippen LogP contribution >= 0.6 is 0 Å². The van der Waals surface area contributed by atoms with Gasteiger partial charge in [-0.3, -0.25) is 4.79 Å². The van der Waals surface area contributed by atoms with Crippen LogP contribution in [0.25, 0.3) is 0 Å². The van der Waals surface area contributed by atoms with Crippen molar-refractivity contribution >= 4 is 11.9 Å². The third kappa shape index (κ3) is 3.50. The van der Waals surface area contributed by atoms with Gasteiger partial charge in [-0.1, -0.05) is 6.07 Å². The van der Waals surface area contributed by atoms with Crippen LogP contribution < -0.4 is 4.90 Å². The Bertz CT molecular complexity index is 761. The predicted octanol–water partition coefficient (Wildman–Crippen LogP) is 2.22. The average Bonchev–Trinajstić information content (AvgIpc) is 2.50. The number of halogens is 2. The monoisotopic (exact) mass is 332 g/mol. The summed E-state index contributed by atoms with van der Waals surface area (Å²) in [5.74, 6) is -0.858. The summed E-state index contributed by atoms with van der Waals surface area (Å²) in [7, 11) is 0. The first-order chi connectivity index (χ1) is 11.4. The summed E-state index contributed by atoms with van der Waals surface area (Å²) in [6, 6.07) is 5.28. The Morgan fingerprint density at radius 3 is 2.42 bits per heavy atom. The molecule has 0 radical (unpaired) electrons. The molecule has 126 valence electrons. The van der Waals surface area contributed by atoms with Crippen molar-refractivity contribution in [2.45, 2.75) is 20.4 Å². The molecule has 3 rings (SSSR count). The molecule has 0 unspecified atom stereocenters. The van der Waals surface area contributed by atoms with Gasteiger partial charge in [0.15, 0.2) is 0 Å². The summed E-state index contributed by atoms with van der Waals surface area (Å²) >= 11 is 0. The van der Waals surface area contributed by atoms with Crippen LogP contribution in [-0.2, 0) is 11.3 Å². The van der Waals surface area contributed by atoms with Gasteiger partial charge in [-0.15, -0.1) is 0 Å². The van der Waals surface area contributed by atoms with Crippen LogP contribution in [0.2, 0.25) is 0 Å². The fourth-order valence-corrected chi connectivity index (χ4v) is 2.75. The van der Waals surface area contributed by atoms with E-state index in [9.17, 15) is 13.6 Å². The molecule has 2 heterocycles. The molecule has 1 fully saturated rings. The minimum absolute atomic E-state index is 0.131. The highest BCUT2D eigenvalue weighted by Gasteiger charge is 2.26. The lowest BCUT2D eigenvalue weighted by molar-refractivity contribution is -0.131. The molecule has 0 atom stereocenters. The van der Waals surface area contributed by atoms with E-state index in [0.29, 0.717) is 24.6 Å². The van der Waals surface area contributed by atoms with Crippen molar-refractivity contribution in [3.8, 4) is 0 Å². The van der Waals surface area contributed by atoms with Crippen LogP contribution in [-0.4, -0.2) is 40.4 Å². The number of hydrogen-bond acceptors (Lipinski definition) is 4. The van der Waals surface area contributed by atoms with E-state index in [1.807, 2.05) is 24.8 Å². The first-order valence-corrected chi connectivity index (χ1v) is 7.71. The van der Waals surface area contributed by atoms with Crippen molar-refractivity contribution < 1.29 is 13.6 Å². The van der Waals surface area contributed by atoms with Crippen molar-refractivity contribution in [2.24, 2.45) is 0 Å². The van der Waals surface area contributed by atoms with Gasteiger partial charge in [0.2, 0.25) is 11.9 Å². The van der Waals surface area contributed by atoms with Crippen molar-refractivity contribution in [3.05, 3.63) is 52.9 Å². The Kier molecular flexibility index (Phi) is 4.42. The average molecular weight is 332 g/mol. The summed E-state index contributed by atoms with van der Waals surface area (Å²) in [4.78, 5) is 24.5. The molecule has 1 amide bonds. The molecule has 1 saturated heterocycles. The van der Waals surface area contributed by atoms with Gasteiger partial charge in [-0.25, -0.2) is 18.7 Å². The summed E-state index contributed by atoms with van der Waals surface area (Å²) < 4.78 is 26.7. The van der Waals surface area contributed by atoms with Crippen LogP contribution in [0, 0.1) is 25.5 Å². The zero-order valence-electron chi connectivity index (χ0n) is 13.6. The zero-order valence-corrected chi connectivity index (χ0v) is 13.6. The highest BCUT2D eigenvalue weighted by Crippen LogP contribution is 2.17. The van der Waals surface area contributed by atoms with E-state index in [0.717, 1.165) is 17.5 Å². The first-order valence-electron chi connectivity index (χ1n) is 7.71. The number of amides is 1. The Morgan fingerprint density at radius 2 is 1.79 bits per heavy atom. The van der Waals surface area contributed by atoms with Crippen LogP contribution in [0.15, 0.2) is 24.3 Å². The maximum absolute atomic E-state index is 13.8. The van der Waals surface area contributed by atoms with Crippen molar-refractivity contribution in [1.29, 1.82) is 0 Å². The minimum atomic E-state index is -0.636. The minimum Gasteiger partial charge on any atom is -0.335 e. The Morgan fingerprint density at radius 1 is 1.08 bits per heavy atom. The van der Waals surface area contributed by atoms with Gasteiger partial charge >= 0.3 is 0 Å². The van der Waals surface area contributed by atoms with Crippen molar-refractivity contribution in [1.82, 2.24) is 14.9 Å². The Balaban J connectivity index is 1.70. The second kappa shape index (κ2) is 6.51. The van der Waals surface area contributed by atoms with Gasteiger partial charge < -0.3 is 9.80 Å². The van der Waals surface area contributed by atoms with E-state index in [1.165, 1.54) is 12.1 Å². The third-order valence-corrected chi connectivity index (χ3v) is 3.95. The van der Waals surface area contributed by atoms with Crippen LogP contribution in [0.3, 0.4) is 0 Å². The molecular formula is C17H18F2N4O. The molecule has 1 aromatic carbocycles. The molecule has 5 nitrogen and oxygen atoms in total. The van der Waals surface area contributed by atoms with Gasteiger partial charge in [-0.2, -0.15) is 0 Å². The number of aromatic nitrogens is 2. The summed E-state index contributed by atoms with van der Waals surface area (Å²) in [6.07, 6.45) is 0. The smallest absolute Gasteiger partial charge is 0.242 e. The quantitative estimate of drug-likeness (QED) is 0.865. The molecule has 24 heavy (non-hydrogen) atoms. The standard InChI is InChI=1S/C17H18F2N4O/c1-11-7-12(2)21-17(20-11)23-6-5-22(16(24)10-23)9-13-3-4-14(18)8-15(13)19/h3-4,7-8H,5-6,9-10H2,1-2H3. The number of rotatable bonds is 3. The van der Waals surface area contributed by atoms with Gasteiger partial charge in [0.25, 0.3) is 0 Å². The van der Waals surface area contributed by atoms with Crippen molar-refractivity contribution in [2.75, 3.05) is 24.5 Å². The number of aryl methyl sites for hydroxylation is 2. The van der Waals surface area contributed by atoms with Crippen LogP contribution in [0.1, 0.15) is 17.0 Å². The largest absolute Gasteiger partial charge is 0.335 e. The summed E-state index contributed by atoms with van der Waals surface area (Å²) in [5, 5.41) is 0. The van der Waals surface area contributed by atoms with Crippen LogP contribution in [0.4, 0.5) is 14.7 Å². The topological polar surface area (TPSA) is 49.3 Å². The molecule has 1 aliphatic heterocycles. The SMILES string of the molecule is Cc1cc(C)nc(N2CCN(Cc3ccc(F)cc3F)C(=O)C2)n1. The lowest BCUT2D eigenvalue weighted by Crippen LogP contribution is -2.50. The second-order valence-corrected chi connectivity index (χ2v) is 5.92. The highest BCUT2D eigenvalue weighted by molar-refractivity contribution is 5.82. The molecular weight excluding hydrogens is 314 g/mol. The first kappa shape index (κ1) is 16.3. The van der Waals surface area contributed by atoms with Gasteiger partial charge in [-0.05, 0) is 26.0 Å². The third-order valence-electron chi connectivity index (χ3n) is 3.95. The van der Waals surface area contributed by atoms with E-state index < -0.39 is 11.6 Å². The molecule has 1 aromatic heterocycles. The van der Waals surface area contributed by atoms with E-state index in [1.54, 1.807) is 4.90 Å². The summed E-state index contributed by atoms with van der Waals surface area (Å²) in [5.41, 5.74) is 2.00. The number of piperazine rings is 1. The molecule has 7 heteroatoms. The Hall–Kier alpha value is -2.57. The number of hydrogen-bond donors (Lipinski definition) is 0. The number of anilines is 1. The van der Waals surface area contributed by atoms with E-state index >= 15 is 0 Å². The summed E-state index contributed by atoms with van der Waals surface area (Å²) in [6.45, 7) is 5.04. The molecule has 1 aliphatic rings. The van der Waals surface area contributed by atoms with Gasteiger partial charge in [0.1, 0.15) is 18.2 Å². The maximum atomic E-state index is 13.8. The van der Waals surface area contributed by atoms with Gasteiger partial charge in [0.05, 0.1) is 0 Å². The molecule has 0 N–H and O–H groups in total. The number of benzene rings is 1.